The minimum Gasteiger partial charge on any atom is -0.497 e. The highest BCUT2D eigenvalue weighted by Crippen LogP contribution is 2.33. The van der Waals surface area contributed by atoms with Crippen LogP contribution in [0.15, 0.2) is 121 Å². The summed E-state index contributed by atoms with van der Waals surface area (Å²) in [4.78, 5) is 79.0. The Kier molecular flexibility index (Phi) is 23.3. The van der Waals surface area contributed by atoms with Gasteiger partial charge in [-0.15, -0.1) is 25.5 Å². The predicted octanol–water partition coefficient (Wildman–Crippen LogP) is 10.3. The summed E-state index contributed by atoms with van der Waals surface area (Å²) in [5.41, 5.74) is 5.19. The second kappa shape index (κ2) is 31.8. The molecule has 4 unspecified atom stereocenters. The maximum Gasteiger partial charge on any atom is 0.361 e. The van der Waals surface area contributed by atoms with E-state index < -0.39 is 23.8 Å². The Balaban J connectivity index is 0.000000151. The Morgan fingerprint density at radius 2 is 0.901 bits per heavy atom. The van der Waals surface area contributed by atoms with Gasteiger partial charge in [0.25, 0.3) is 17.7 Å². The number of carboxylic acids is 1. The van der Waals surface area contributed by atoms with Crippen LogP contribution in [-0.4, -0.2) is 174 Å². The third-order valence-corrected chi connectivity index (χ3v) is 16.9. The molecular weight excluding hydrogens is 1250 g/mol. The first-order valence-corrected chi connectivity index (χ1v) is 31.1. The van der Waals surface area contributed by atoms with Crippen LogP contribution in [0.5, 0.6) is 5.75 Å². The van der Waals surface area contributed by atoms with E-state index in [4.69, 9.17) is 65.7 Å². The molecule has 8 aromatic rings. The molecule has 4 atom stereocenters. The van der Waals surface area contributed by atoms with Crippen molar-refractivity contribution < 1.29 is 48.1 Å². The number of likely N-dealkylation sites (tertiary alicyclic amines) is 3. The first-order chi connectivity index (χ1) is 44.0. The molecule has 3 aromatic heterocycles. The van der Waals surface area contributed by atoms with Gasteiger partial charge in [-0.2, -0.15) is 10.4 Å². The smallest absolute Gasteiger partial charge is 0.361 e. The zero-order valence-electron chi connectivity index (χ0n) is 50.1. The number of aromatic amines is 2. The molecule has 12 rings (SSSR count). The maximum atomic E-state index is 13.6. The number of carboxylic acid groups (broad SMARTS) is 1. The molecular formula is C64H67Cl4N13O10. The van der Waals surface area contributed by atoms with Crippen LogP contribution in [0.1, 0.15) is 154 Å². The molecule has 23 nitrogen and oxygen atoms in total. The standard InChI is InChI=1S/C24H25ClN4O4.C16H17ClN4O3.C14H13ClN4O3.C10H12ClN/c1-3-33-24(31)21-22(29(27-26-21)14-16-4-10-20(32-2)11-5-16)23(30)28-13-12-18(15-28)17-6-8-19(25)9-7-17;1-2-24-16(23)14-13(18-20-19-14)15(22)21-8-7-11(9-21)10-3-5-12(17)6-4-10;15-10-3-1-8(2-4-10)9-5-6-19(7-9)13(20)11-12(14(21)22)17-18-16-11;11-10-3-1-8(2-4-10)9-5-6-12-7-9/h4-11,18H,3,12-15H2,1-2H3;3-6,11H,2,7-9H2,1H3,(H,18,19,20);1-4,9H,5-7H2,(H,21,22)(H,16,17,18);1-4,9,12H,5-7H2. The van der Waals surface area contributed by atoms with Gasteiger partial charge in [0.1, 0.15) is 5.75 Å². The number of ether oxygens (including phenoxy) is 3. The van der Waals surface area contributed by atoms with Gasteiger partial charge in [-0.1, -0.05) is 112 Å². The summed E-state index contributed by atoms with van der Waals surface area (Å²) in [6.07, 6.45) is 3.73. The number of methoxy groups -OCH3 is 1. The lowest BCUT2D eigenvalue weighted by Gasteiger charge is -2.18. The quantitative estimate of drug-likeness (QED) is 0.0694. The number of amides is 3. The van der Waals surface area contributed by atoms with Crippen molar-refractivity contribution >= 4 is 82.0 Å². The second-order valence-electron chi connectivity index (χ2n) is 21.7. The Morgan fingerprint density at radius 3 is 1.31 bits per heavy atom. The van der Waals surface area contributed by atoms with Crippen LogP contribution in [0, 0.1) is 0 Å². The van der Waals surface area contributed by atoms with Crippen molar-refractivity contribution in [2.24, 2.45) is 0 Å². The lowest BCUT2D eigenvalue weighted by atomic mass is 9.99. The number of hydrogen-bond acceptors (Lipinski definition) is 16. The highest BCUT2D eigenvalue weighted by molar-refractivity contribution is 6.31. The molecule has 5 aromatic carbocycles. The molecule has 4 fully saturated rings. The van der Waals surface area contributed by atoms with Crippen molar-refractivity contribution in [2.45, 2.75) is 69.7 Å². The molecule has 0 aliphatic carbocycles. The summed E-state index contributed by atoms with van der Waals surface area (Å²) in [7, 11) is 1.60. The number of rotatable bonds is 15. The molecule has 0 bridgehead atoms. The van der Waals surface area contributed by atoms with E-state index in [1.807, 2.05) is 109 Å². The molecule has 3 amide bonds. The number of halogens is 4. The lowest BCUT2D eigenvalue weighted by molar-refractivity contribution is 0.0505. The first kappa shape index (κ1) is 66.7. The number of aromatic nitrogens is 9. The van der Waals surface area contributed by atoms with E-state index in [9.17, 15) is 28.8 Å². The molecule has 0 radical (unpaired) electrons. The van der Waals surface area contributed by atoms with E-state index in [1.165, 1.54) is 16.7 Å². The van der Waals surface area contributed by atoms with Crippen molar-refractivity contribution in [1.29, 1.82) is 0 Å². The fraction of sp³-hybridized carbons (Fsp3) is 0.344. The van der Waals surface area contributed by atoms with Crippen molar-refractivity contribution in [1.82, 2.24) is 65.8 Å². The maximum absolute atomic E-state index is 13.6. The third-order valence-electron chi connectivity index (χ3n) is 15.9. The summed E-state index contributed by atoms with van der Waals surface area (Å²) < 4.78 is 16.7. The minimum absolute atomic E-state index is 0.00482. The van der Waals surface area contributed by atoms with Gasteiger partial charge in [-0.05, 0) is 140 Å². The van der Waals surface area contributed by atoms with Crippen LogP contribution in [-0.2, 0) is 16.0 Å². The Hall–Kier alpha value is -8.74. The number of H-pyrrole nitrogens is 2. The average molecular weight is 1320 g/mol. The van der Waals surface area contributed by atoms with Crippen LogP contribution in [0.2, 0.25) is 20.1 Å². The van der Waals surface area contributed by atoms with Crippen LogP contribution in [0.3, 0.4) is 0 Å². The van der Waals surface area contributed by atoms with Gasteiger partial charge in [0.15, 0.2) is 17.1 Å². The number of hydrogen-bond donors (Lipinski definition) is 4. The summed E-state index contributed by atoms with van der Waals surface area (Å²) in [6, 6.07) is 38.5. The third kappa shape index (κ3) is 17.2. The fourth-order valence-corrected chi connectivity index (χ4v) is 11.6. The molecule has 476 valence electrons. The molecule has 27 heteroatoms. The number of nitrogens with one attached hydrogen (secondary N) is 3. The minimum atomic E-state index is -1.27. The van der Waals surface area contributed by atoms with Gasteiger partial charge >= 0.3 is 17.9 Å². The first-order valence-electron chi connectivity index (χ1n) is 29.6. The topological polar surface area (TPSA) is 286 Å². The molecule has 4 aliphatic rings. The van der Waals surface area contributed by atoms with Crippen LogP contribution in [0.25, 0.3) is 0 Å². The fourth-order valence-electron chi connectivity index (χ4n) is 11.1. The Bertz CT molecular complexity index is 3770. The van der Waals surface area contributed by atoms with Crippen LogP contribution >= 0.6 is 46.4 Å². The summed E-state index contributed by atoms with van der Waals surface area (Å²) in [6.45, 7) is 9.68. The summed E-state index contributed by atoms with van der Waals surface area (Å²) in [5, 5.41) is 42.6. The molecule has 91 heavy (non-hydrogen) atoms. The SMILES string of the molecule is CCOC(=O)c1n[nH]nc1C(=O)N1CCC(c2ccc(Cl)cc2)C1.CCOC(=O)c1nnn(Cc2ccc(OC)cc2)c1C(=O)N1CCC(c2ccc(Cl)cc2)C1.Clc1ccc(C2CCNC2)cc1.O=C(O)c1n[nH]nc1C(=O)N1CCC(c2ccc(Cl)cc2)C1. The molecule has 0 saturated carbocycles. The van der Waals surface area contributed by atoms with Gasteiger partial charge in [-0.3, -0.25) is 14.4 Å². The van der Waals surface area contributed by atoms with Crippen molar-refractivity contribution in [3.8, 4) is 5.75 Å². The number of esters is 2. The molecule has 0 spiro atoms. The van der Waals surface area contributed by atoms with E-state index in [1.54, 1.807) is 35.7 Å². The van der Waals surface area contributed by atoms with Crippen LogP contribution < -0.4 is 10.1 Å². The number of carbonyl (C=O) groups is 6. The van der Waals surface area contributed by atoms with Crippen molar-refractivity contribution in [2.75, 3.05) is 72.7 Å². The van der Waals surface area contributed by atoms with E-state index in [0.717, 1.165) is 65.4 Å². The van der Waals surface area contributed by atoms with E-state index in [0.29, 0.717) is 60.3 Å². The predicted molar refractivity (Wildman–Crippen MR) is 340 cm³/mol. The number of benzene rings is 5. The number of aromatic carboxylic acids is 1. The average Bonchev–Trinajstić information content (AvgIpc) is 1.76. The number of carbonyl (C=O) groups excluding carboxylic acids is 5. The lowest BCUT2D eigenvalue weighted by Crippen LogP contribution is -2.32. The molecule has 4 N–H and O–H groups in total. The summed E-state index contributed by atoms with van der Waals surface area (Å²) >= 11 is 23.6. The summed E-state index contributed by atoms with van der Waals surface area (Å²) in [5.74, 6) is -1.52. The normalized spacial score (nSPS) is 17.4. The van der Waals surface area contributed by atoms with Gasteiger partial charge in [0.05, 0.1) is 26.9 Å². The van der Waals surface area contributed by atoms with Crippen LogP contribution in [0.4, 0.5) is 0 Å². The van der Waals surface area contributed by atoms with Crippen molar-refractivity contribution in [3.63, 3.8) is 0 Å². The second-order valence-corrected chi connectivity index (χ2v) is 23.4. The number of nitrogens with zero attached hydrogens (tertiary/aromatic N) is 10. The molecule has 7 heterocycles. The highest BCUT2D eigenvalue weighted by atomic mass is 35.5. The molecule has 4 aliphatic heterocycles. The van der Waals surface area contributed by atoms with E-state index >= 15 is 0 Å². The largest absolute Gasteiger partial charge is 0.497 e. The Morgan fingerprint density at radius 1 is 0.505 bits per heavy atom. The van der Waals surface area contributed by atoms with Gasteiger partial charge in [-0.25, -0.2) is 19.1 Å². The van der Waals surface area contributed by atoms with Gasteiger partial charge in [0.2, 0.25) is 17.1 Å². The molecule has 4 saturated heterocycles. The highest BCUT2D eigenvalue weighted by Gasteiger charge is 2.36. The van der Waals surface area contributed by atoms with Gasteiger partial charge in [0, 0.05) is 83.7 Å². The Labute approximate surface area is 544 Å². The van der Waals surface area contributed by atoms with Gasteiger partial charge < -0.3 is 39.3 Å². The monoisotopic (exact) mass is 1320 g/mol. The van der Waals surface area contributed by atoms with E-state index in [2.05, 4.69) is 58.6 Å². The zero-order chi connectivity index (χ0) is 64.6. The van der Waals surface area contributed by atoms with Crippen molar-refractivity contribution in [3.05, 3.63) is 203 Å². The zero-order valence-corrected chi connectivity index (χ0v) is 53.1. The van der Waals surface area contributed by atoms with E-state index in [-0.39, 0.29) is 83.5 Å².